The van der Waals surface area contributed by atoms with Crippen molar-refractivity contribution in [2.45, 2.75) is 13.5 Å². The molecule has 2 N–H and O–H groups in total. The standard InChI is InChI=1S/C14H14O4/c1-2-18-14(17)12-10(8-15)7-9-5-3-4-6-11(9)13(12)16/h3-7,15-16H,2,8H2,1H3. The lowest BCUT2D eigenvalue weighted by Gasteiger charge is -2.11. The first-order chi connectivity index (χ1) is 8.69. The van der Waals surface area contributed by atoms with Gasteiger partial charge in [-0.1, -0.05) is 24.3 Å². The van der Waals surface area contributed by atoms with Crippen molar-refractivity contribution < 1.29 is 19.7 Å². The second-order valence-corrected chi connectivity index (χ2v) is 3.86. The first-order valence-corrected chi connectivity index (χ1v) is 5.70. The van der Waals surface area contributed by atoms with Crippen LogP contribution in [0.2, 0.25) is 0 Å². The number of carbonyl (C=O) groups excluding carboxylic acids is 1. The Labute approximate surface area is 104 Å². The van der Waals surface area contributed by atoms with E-state index in [4.69, 9.17) is 4.74 Å². The van der Waals surface area contributed by atoms with Gasteiger partial charge in [0.25, 0.3) is 0 Å². The van der Waals surface area contributed by atoms with Crippen LogP contribution in [0, 0.1) is 0 Å². The number of hydrogen-bond acceptors (Lipinski definition) is 4. The summed E-state index contributed by atoms with van der Waals surface area (Å²) >= 11 is 0. The highest BCUT2D eigenvalue weighted by molar-refractivity contribution is 6.02. The van der Waals surface area contributed by atoms with E-state index in [1.165, 1.54) is 0 Å². The Hall–Kier alpha value is -2.07. The average Bonchev–Trinajstić information content (AvgIpc) is 2.38. The Balaban J connectivity index is 2.70. The number of benzene rings is 2. The van der Waals surface area contributed by atoms with Crippen LogP contribution in [0.1, 0.15) is 22.8 Å². The van der Waals surface area contributed by atoms with Gasteiger partial charge in [-0.25, -0.2) is 4.79 Å². The summed E-state index contributed by atoms with van der Waals surface area (Å²) in [7, 11) is 0. The van der Waals surface area contributed by atoms with Crippen molar-refractivity contribution in [3.63, 3.8) is 0 Å². The number of ether oxygens (including phenoxy) is 1. The molecule has 18 heavy (non-hydrogen) atoms. The van der Waals surface area contributed by atoms with Crippen molar-refractivity contribution in [2.24, 2.45) is 0 Å². The fraction of sp³-hybridized carbons (Fsp3) is 0.214. The predicted octanol–water partition coefficient (Wildman–Crippen LogP) is 2.21. The normalized spacial score (nSPS) is 10.6. The van der Waals surface area contributed by atoms with E-state index in [9.17, 15) is 15.0 Å². The van der Waals surface area contributed by atoms with Gasteiger partial charge < -0.3 is 14.9 Å². The molecule has 0 bridgehead atoms. The summed E-state index contributed by atoms with van der Waals surface area (Å²) in [5, 5.41) is 20.8. The van der Waals surface area contributed by atoms with Crippen LogP contribution in [-0.4, -0.2) is 22.8 Å². The van der Waals surface area contributed by atoms with Crippen molar-refractivity contribution in [1.29, 1.82) is 0 Å². The number of hydrogen-bond donors (Lipinski definition) is 2. The number of esters is 1. The highest BCUT2D eigenvalue weighted by Crippen LogP contribution is 2.32. The molecule has 0 saturated carbocycles. The van der Waals surface area contributed by atoms with Crippen molar-refractivity contribution >= 4 is 16.7 Å². The zero-order valence-corrected chi connectivity index (χ0v) is 10.0. The van der Waals surface area contributed by atoms with Crippen molar-refractivity contribution in [1.82, 2.24) is 0 Å². The number of carbonyl (C=O) groups is 1. The van der Waals surface area contributed by atoms with Crippen LogP contribution in [0.5, 0.6) is 5.75 Å². The lowest BCUT2D eigenvalue weighted by Crippen LogP contribution is -2.09. The van der Waals surface area contributed by atoms with Crippen LogP contribution in [0.3, 0.4) is 0 Å². The van der Waals surface area contributed by atoms with E-state index in [0.29, 0.717) is 10.9 Å². The number of rotatable bonds is 3. The number of aromatic hydroxyl groups is 1. The topological polar surface area (TPSA) is 66.8 Å². The maximum atomic E-state index is 11.8. The fourth-order valence-corrected chi connectivity index (χ4v) is 1.94. The maximum Gasteiger partial charge on any atom is 0.342 e. The number of phenols is 1. The third kappa shape index (κ3) is 2.02. The molecule has 0 unspecified atom stereocenters. The van der Waals surface area contributed by atoms with E-state index >= 15 is 0 Å². The smallest absolute Gasteiger partial charge is 0.342 e. The highest BCUT2D eigenvalue weighted by atomic mass is 16.5. The van der Waals surface area contributed by atoms with E-state index in [2.05, 4.69) is 0 Å². The molecule has 0 aliphatic heterocycles. The SMILES string of the molecule is CCOC(=O)c1c(CO)cc2ccccc2c1O. The Bertz CT molecular complexity index is 590. The largest absolute Gasteiger partial charge is 0.506 e. The Kier molecular flexibility index (Phi) is 3.48. The van der Waals surface area contributed by atoms with Gasteiger partial charge in [0.15, 0.2) is 0 Å². The molecule has 0 aliphatic rings. The van der Waals surface area contributed by atoms with Gasteiger partial charge in [-0.2, -0.15) is 0 Å². The fourth-order valence-electron chi connectivity index (χ4n) is 1.94. The summed E-state index contributed by atoms with van der Waals surface area (Å²) in [4.78, 5) is 11.8. The number of aliphatic hydroxyl groups is 1. The molecule has 0 heterocycles. The summed E-state index contributed by atoms with van der Waals surface area (Å²) in [6.45, 7) is 1.58. The first-order valence-electron chi connectivity index (χ1n) is 5.70. The van der Waals surface area contributed by atoms with E-state index in [1.54, 1.807) is 25.1 Å². The van der Waals surface area contributed by atoms with Gasteiger partial charge in [0.2, 0.25) is 0 Å². The van der Waals surface area contributed by atoms with Crippen LogP contribution in [0.4, 0.5) is 0 Å². The molecule has 0 amide bonds. The van der Waals surface area contributed by atoms with Crippen molar-refractivity contribution in [3.05, 3.63) is 41.5 Å². The van der Waals surface area contributed by atoms with Crippen molar-refractivity contribution in [2.75, 3.05) is 6.61 Å². The summed E-state index contributed by atoms with van der Waals surface area (Å²) in [6.07, 6.45) is 0. The van der Waals surface area contributed by atoms with Crippen LogP contribution < -0.4 is 0 Å². The molecule has 94 valence electrons. The van der Waals surface area contributed by atoms with Crippen LogP contribution in [0.15, 0.2) is 30.3 Å². The molecule has 0 radical (unpaired) electrons. The molecule has 4 nitrogen and oxygen atoms in total. The molecule has 0 spiro atoms. The summed E-state index contributed by atoms with van der Waals surface area (Å²) in [6, 6.07) is 8.81. The molecule has 2 aromatic carbocycles. The summed E-state index contributed by atoms with van der Waals surface area (Å²) < 4.78 is 4.89. The zero-order valence-electron chi connectivity index (χ0n) is 10.0. The summed E-state index contributed by atoms with van der Waals surface area (Å²) in [5.74, 6) is -0.764. The summed E-state index contributed by atoms with van der Waals surface area (Å²) in [5.41, 5.74) is 0.405. The maximum absolute atomic E-state index is 11.8. The van der Waals surface area contributed by atoms with Gasteiger partial charge in [-0.3, -0.25) is 0 Å². The molecule has 0 fully saturated rings. The van der Waals surface area contributed by atoms with Gasteiger partial charge in [0.1, 0.15) is 11.3 Å². The van der Waals surface area contributed by atoms with E-state index < -0.39 is 5.97 Å². The van der Waals surface area contributed by atoms with Crippen LogP contribution in [-0.2, 0) is 11.3 Å². The van der Waals surface area contributed by atoms with E-state index in [-0.39, 0.29) is 24.5 Å². The lowest BCUT2D eigenvalue weighted by molar-refractivity contribution is 0.0519. The predicted molar refractivity (Wildman–Crippen MR) is 67.5 cm³/mol. The first kappa shape index (κ1) is 12.4. The number of phenolic OH excluding ortho intramolecular Hbond substituents is 1. The molecule has 4 heteroatoms. The number of aliphatic hydroxyl groups excluding tert-OH is 1. The van der Waals surface area contributed by atoms with Gasteiger partial charge in [0.05, 0.1) is 13.2 Å². The molecule has 0 atom stereocenters. The number of fused-ring (bicyclic) bond motifs is 1. The molecule has 2 rings (SSSR count). The third-order valence-corrected chi connectivity index (χ3v) is 2.75. The minimum atomic E-state index is -0.621. The molecule has 0 aliphatic carbocycles. The minimum Gasteiger partial charge on any atom is -0.506 e. The highest BCUT2D eigenvalue weighted by Gasteiger charge is 2.19. The van der Waals surface area contributed by atoms with Gasteiger partial charge in [0, 0.05) is 5.39 Å². The van der Waals surface area contributed by atoms with Crippen LogP contribution >= 0.6 is 0 Å². The Morgan fingerprint density at radius 1 is 1.33 bits per heavy atom. The van der Waals surface area contributed by atoms with Gasteiger partial charge in [-0.05, 0) is 23.9 Å². The minimum absolute atomic E-state index is 0.0399. The second-order valence-electron chi connectivity index (χ2n) is 3.86. The van der Waals surface area contributed by atoms with Gasteiger partial charge in [-0.15, -0.1) is 0 Å². The Morgan fingerprint density at radius 2 is 2.06 bits per heavy atom. The molecule has 2 aromatic rings. The molecule has 0 aromatic heterocycles. The quantitative estimate of drug-likeness (QED) is 0.815. The second kappa shape index (κ2) is 5.06. The molecular formula is C14H14O4. The average molecular weight is 246 g/mol. The molecule has 0 saturated heterocycles. The zero-order chi connectivity index (χ0) is 13.1. The lowest BCUT2D eigenvalue weighted by atomic mass is 9.99. The Morgan fingerprint density at radius 3 is 2.72 bits per heavy atom. The van der Waals surface area contributed by atoms with Crippen molar-refractivity contribution in [3.8, 4) is 5.75 Å². The van der Waals surface area contributed by atoms with Crippen LogP contribution in [0.25, 0.3) is 10.8 Å². The monoisotopic (exact) mass is 246 g/mol. The van der Waals surface area contributed by atoms with E-state index in [1.807, 2.05) is 12.1 Å². The van der Waals surface area contributed by atoms with Gasteiger partial charge >= 0.3 is 5.97 Å². The third-order valence-electron chi connectivity index (χ3n) is 2.75. The van der Waals surface area contributed by atoms with E-state index in [0.717, 1.165) is 5.39 Å². The molecular weight excluding hydrogens is 232 g/mol.